The molecular weight excluding hydrogens is 332 g/mol. The highest BCUT2D eigenvalue weighted by atomic mass is 32.2. The maximum atomic E-state index is 11.5. The molecule has 0 aliphatic carbocycles. The lowest BCUT2D eigenvalue weighted by Gasteiger charge is -2.01. The molecule has 1 aromatic carbocycles. The van der Waals surface area contributed by atoms with Crippen LogP contribution in [0.4, 0.5) is 10.9 Å². The van der Waals surface area contributed by atoms with E-state index in [1.165, 1.54) is 17.6 Å². The summed E-state index contributed by atoms with van der Waals surface area (Å²) in [6, 6.07) is 6.81. The quantitative estimate of drug-likeness (QED) is 0.781. The van der Waals surface area contributed by atoms with Crippen LogP contribution in [-0.2, 0) is 9.84 Å². The van der Waals surface area contributed by atoms with Gasteiger partial charge in [0.05, 0.1) is 21.7 Å². The van der Waals surface area contributed by atoms with E-state index in [4.69, 9.17) is 0 Å². The Morgan fingerprint density at radius 3 is 2.48 bits per heavy atom. The van der Waals surface area contributed by atoms with Crippen LogP contribution in [0, 0.1) is 6.92 Å². The van der Waals surface area contributed by atoms with E-state index in [1.807, 2.05) is 6.92 Å². The van der Waals surface area contributed by atoms with Crippen LogP contribution in [-0.4, -0.2) is 29.6 Å². The summed E-state index contributed by atoms with van der Waals surface area (Å²) in [6.45, 7) is 1.91. The summed E-state index contributed by atoms with van der Waals surface area (Å²) in [5.41, 5.74) is 1.80. The standard InChI is InChI=1S/C15H14N4O2S2/c1-10-14(11-3-5-12(6-4-11)23(2,20)21)22-15(18-10)19-13-9-16-7-8-17-13/h3-9H,1-2H3,(H,17,18,19). The van der Waals surface area contributed by atoms with Gasteiger partial charge in [0.1, 0.15) is 0 Å². The van der Waals surface area contributed by atoms with Crippen LogP contribution in [0.2, 0.25) is 0 Å². The minimum absolute atomic E-state index is 0.307. The molecule has 0 amide bonds. The molecule has 3 aromatic rings. The highest BCUT2D eigenvalue weighted by Gasteiger charge is 2.12. The second-order valence-electron chi connectivity index (χ2n) is 4.95. The van der Waals surface area contributed by atoms with Crippen molar-refractivity contribution in [2.24, 2.45) is 0 Å². The number of thiazole rings is 1. The lowest BCUT2D eigenvalue weighted by atomic mass is 10.2. The number of rotatable bonds is 4. The van der Waals surface area contributed by atoms with Gasteiger partial charge >= 0.3 is 0 Å². The second kappa shape index (κ2) is 6.05. The van der Waals surface area contributed by atoms with Crippen molar-refractivity contribution in [2.45, 2.75) is 11.8 Å². The first-order chi connectivity index (χ1) is 10.9. The first-order valence-electron chi connectivity index (χ1n) is 6.74. The summed E-state index contributed by atoms with van der Waals surface area (Å²) >= 11 is 1.48. The van der Waals surface area contributed by atoms with Gasteiger partial charge in [-0.15, -0.1) is 0 Å². The maximum absolute atomic E-state index is 11.5. The molecule has 0 bridgehead atoms. The van der Waals surface area contributed by atoms with Crippen molar-refractivity contribution in [3.8, 4) is 10.4 Å². The Morgan fingerprint density at radius 2 is 1.87 bits per heavy atom. The molecule has 2 aromatic heterocycles. The van der Waals surface area contributed by atoms with Crippen molar-refractivity contribution in [3.05, 3.63) is 48.5 Å². The molecule has 0 aliphatic rings. The molecule has 0 saturated heterocycles. The average molecular weight is 346 g/mol. The highest BCUT2D eigenvalue weighted by molar-refractivity contribution is 7.90. The lowest BCUT2D eigenvalue weighted by molar-refractivity contribution is 0.602. The fourth-order valence-corrected chi connectivity index (χ4v) is 3.65. The summed E-state index contributed by atoms with van der Waals surface area (Å²) < 4.78 is 23.0. The Labute approximate surface area is 138 Å². The molecule has 0 radical (unpaired) electrons. The Morgan fingerprint density at radius 1 is 1.13 bits per heavy atom. The summed E-state index contributed by atoms with van der Waals surface area (Å²) in [4.78, 5) is 13.9. The lowest BCUT2D eigenvalue weighted by Crippen LogP contribution is -1.96. The number of aromatic nitrogens is 3. The number of nitrogens with zero attached hydrogens (tertiary/aromatic N) is 3. The number of nitrogens with one attached hydrogen (secondary N) is 1. The molecule has 0 aliphatic heterocycles. The van der Waals surface area contributed by atoms with E-state index in [0.29, 0.717) is 15.8 Å². The predicted molar refractivity (Wildman–Crippen MR) is 90.7 cm³/mol. The Hall–Kier alpha value is -2.32. The van der Waals surface area contributed by atoms with Crippen molar-refractivity contribution in [2.75, 3.05) is 11.6 Å². The zero-order valence-electron chi connectivity index (χ0n) is 12.5. The topological polar surface area (TPSA) is 84.8 Å². The van der Waals surface area contributed by atoms with Crippen LogP contribution < -0.4 is 5.32 Å². The number of aryl methyl sites for hydroxylation is 1. The third-order valence-electron chi connectivity index (χ3n) is 3.14. The largest absolute Gasteiger partial charge is 0.315 e. The summed E-state index contributed by atoms with van der Waals surface area (Å²) in [6.07, 6.45) is 6.03. The predicted octanol–water partition coefficient (Wildman–Crippen LogP) is 3.06. The van der Waals surface area contributed by atoms with Gasteiger partial charge < -0.3 is 5.32 Å². The van der Waals surface area contributed by atoms with Gasteiger partial charge in [-0.05, 0) is 24.6 Å². The fraction of sp³-hybridized carbons (Fsp3) is 0.133. The zero-order chi connectivity index (χ0) is 16.4. The Balaban J connectivity index is 1.89. The molecule has 118 valence electrons. The Bertz CT molecular complexity index is 920. The normalized spacial score (nSPS) is 11.4. The molecule has 0 unspecified atom stereocenters. The third kappa shape index (κ3) is 3.54. The van der Waals surface area contributed by atoms with Crippen molar-refractivity contribution in [1.29, 1.82) is 0 Å². The number of hydrogen-bond acceptors (Lipinski definition) is 7. The van der Waals surface area contributed by atoms with Crippen LogP contribution in [0.15, 0.2) is 47.8 Å². The molecule has 0 atom stereocenters. The maximum Gasteiger partial charge on any atom is 0.189 e. The van der Waals surface area contributed by atoms with Gasteiger partial charge in [0, 0.05) is 18.6 Å². The molecule has 6 nitrogen and oxygen atoms in total. The smallest absolute Gasteiger partial charge is 0.189 e. The molecule has 23 heavy (non-hydrogen) atoms. The van der Waals surface area contributed by atoms with E-state index in [9.17, 15) is 8.42 Å². The highest BCUT2D eigenvalue weighted by Crippen LogP contribution is 2.34. The van der Waals surface area contributed by atoms with Crippen molar-refractivity contribution < 1.29 is 8.42 Å². The third-order valence-corrected chi connectivity index (χ3v) is 5.39. The first-order valence-corrected chi connectivity index (χ1v) is 9.45. The van der Waals surface area contributed by atoms with Gasteiger partial charge in [-0.3, -0.25) is 4.98 Å². The van der Waals surface area contributed by atoms with Crippen molar-refractivity contribution >= 4 is 32.1 Å². The molecule has 3 rings (SSSR count). The summed E-state index contributed by atoms with van der Waals surface area (Å²) in [5, 5.41) is 3.82. The van der Waals surface area contributed by atoms with E-state index in [-0.39, 0.29) is 0 Å². The van der Waals surface area contributed by atoms with E-state index in [1.54, 1.807) is 42.9 Å². The van der Waals surface area contributed by atoms with Crippen LogP contribution in [0.25, 0.3) is 10.4 Å². The number of sulfone groups is 1. The van der Waals surface area contributed by atoms with Crippen molar-refractivity contribution in [1.82, 2.24) is 15.0 Å². The number of anilines is 2. The van der Waals surface area contributed by atoms with Gasteiger partial charge in [-0.25, -0.2) is 18.4 Å². The average Bonchev–Trinajstić information content (AvgIpc) is 2.88. The van der Waals surface area contributed by atoms with Crippen LogP contribution in [0.5, 0.6) is 0 Å². The molecule has 0 saturated carbocycles. The number of benzene rings is 1. The van der Waals surface area contributed by atoms with Crippen LogP contribution >= 0.6 is 11.3 Å². The van der Waals surface area contributed by atoms with Gasteiger partial charge in [0.25, 0.3) is 0 Å². The van der Waals surface area contributed by atoms with Gasteiger partial charge in [-0.1, -0.05) is 23.5 Å². The Kier molecular flexibility index (Phi) is 4.10. The number of hydrogen-bond donors (Lipinski definition) is 1. The molecule has 1 N–H and O–H groups in total. The molecule has 0 spiro atoms. The van der Waals surface area contributed by atoms with Gasteiger partial charge in [0.15, 0.2) is 20.8 Å². The van der Waals surface area contributed by atoms with Gasteiger partial charge in [-0.2, -0.15) is 0 Å². The van der Waals surface area contributed by atoms with Crippen LogP contribution in [0.1, 0.15) is 5.69 Å². The minimum atomic E-state index is -3.19. The zero-order valence-corrected chi connectivity index (χ0v) is 14.1. The minimum Gasteiger partial charge on any atom is -0.315 e. The molecular formula is C15H14N4O2S2. The first kappa shape index (κ1) is 15.6. The van der Waals surface area contributed by atoms with E-state index >= 15 is 0 Å². The second-order valence-corrected chi connectivity index (χ2v) is 7.96. The molecule has 8 heteroatoms. The summed E-state index contributed by atoms with van der Waals surface area (Å²) in [7, 11) is -3.19. The van der Waals surface area contributed by atoms with E-state index in [2.05, 4.69) is 20.3 Å². The van der Waals surface area contributed by atoms with Crippen molar-refractivity contribution in [3.63, 3.8) is 0 Å². The van der Waals surface area contributed by atoms with Gasteiger partial charge in [0.2, 0.25) is 0 Å². The van der Waals surface area contributed by atoms with E-state index in [0.717, 1.165) is 16.1 Å². The summed E-state index contributed by atoms with van der Waals surface area (Å²) in [5.74, 6) is 0.625. The monoisotopic (exact) mass is 346 g/mol. The molecule has 0 fully saturated rings. The van der Waals surface area contributed by atoms with Crippen LogP contribution in [0.3, 0.4) is 0 Å². The SMILES string of the molecule is Cc1nc(Nc2cnccn2)sc1-c1ccc(S(C)(=O)=O)cc1. The fourth-order valence-electron chi connectivity index (χ4n) is 2.04. The van der Waals surface area contributed by atoms with E-state index < -0.39 is 9.84 Å². The molecule has 2 heterocycles.